The Morgan fingerprint density at radius 3 is 2.65 bits per heavy atom. The van der Waals surface area contributed by atoms with E-state index < -0.39 is 0 Å². The zero-order valence-electron chi connectivity index (χ0n) is 12.3. The minimum Gasteiger partial charge on any atom is -0.369 e. The molecule has 0 aliphatic rings. The van der Waals surface area contributed by atoms with Crippen LogP contribution in [0.4, 0.5) is 5.82 Å². The van der Waals surface area contributed by atoms with Gasteiger partial charge in [0.2, 0.25) is 0 Å². The van der Waals surface area contributed by atoms with Gasteiger partial charge in [-0.1, -0.05) is 38.4 Å². The number of anilines is 1. The molecule has 0 spiro atoms. The summed E-state index contributed by atoms with van der Waals surface area (Å²) >= 11 is 7.99. The minimum absolute atomic E-state index is 0.110. The highest BCUT2D eigenvalue weighted by atomic mass is 35.5. The lowest BCUT2D eigenvalue weighted by atomic mass is 9.95. The van der Waals surface area contributed by atoms with Gasteiger partial charge in [-0.2, -0.15) is 0 Å². The van der Waals surface area contributed by atoms with Gasteiger partial charge in [0.25, 0.3) is 0 Å². The summed E-state index contributed by atoms with van der Waals surface area (Å²) in [5, 5.41) is 6.00. The summed E-state index contributed by atoms with van der Waals surface area (Å²) in [6, 6.07) is 4.22. The first-order valence-electron chi connectivity index (χ1n) is 6.69. The van der Waals surface area contributed by atoms with Crippen molar-refractivity contribution in [2.45, 2.75) is 39.5 Å². The molecule has 0 fully saturated rings. The van der Waals surface area contributed by atoms with E-state index in [-0.39, 0.29) is 5.41 Å². The third-order valence-corrected chi connectivity index (χ3v) is 4.31. The Hall–Kier alpha value is -1.13. The van der Waals surface area contributed by atoms with Gasteiger partial charge >= 0.3 is 0 Å². The summed E-state index contributed by atoms with van der Waals surface area (Å²) < 4.78 is 0. The first kappa shape index (κ1) is 15.3. The molecule has 5 heteroatoms. The fraction of sp³-hybridized carbons (Fsp3) is 0.467. The molecule has 2 aromatic heterocycles. The number of nitrogens with zero attached hydrogens (tertiary/aromatic N) is 2. The number of halogens is 1. The van der Waals surface area contributed by atoms with Crippen molar-refractivity contribution in [2.75, 3.05) is 11.9 Å². The molecular weight excluding hydrogens is 290 g/mol. The minimum atomic E-state index is -0.110. The lowest BCUT2D eigenvalue weighted by Crippen LogP contribution is -2.18. The molecule has 0 saturated carbocycles. The standard InChI is InChI=1S/C15H20ClN3S/c1-10-12(16)18-14(15(2,3)4)19-13(10)17-8-7-11-6-5-9-20-11/h5-6,9H,7-8H2,1-4H3,(H,17,18,19). The highest BCUT2D eigenvalue weighted by Crippen LogP contribution is 2.26. The van der Waals surface area contributed by atoms with Gasteiger partial charge in [-0.05, 0) is 24.8 Å². The molecular formula is C15H20ClN3S. The molecule has 2 aromatic rings. The molecule has 2 rings (SSSR count). The highest BCUT2D eigenvalue weighted by molar-refractivity contribution is 7.09. The normalized spacial score (nSPS) is 11.7. The summed E-state index contributed by atoms with van der Waals surface area (Å²) in [4.78, 5) is 10.4. The lowest BCUT2D eigenvalue weighted by Gasteiger charge is -2.19. The number of aromatic nitrogens is 2. The van der Waals surface area contributed by atoms with Crippen LogP contribution in [0.5, 0.6) is 0 Å². The van der Waals surface area contributed by atoms with Crippen LogP contribution in [0.2, 0.25) is 5.15 Å². The van der Waals surface area contributed by atoms with Crippen molar-refractivity contribution < 1.29 is 0 Å². The lowest BCUT2D eigenvalue weighted by molar-refractivity contribution is 0.545. The Kier molecular flexibility index (Phi) is 4.66. The molecule has 0 unspecified atom stereocenters. The maximum absolute atomic E-state index is 6.21. The van der Waals surface area contributed by atoms with Crippen LogP contribution in [0.25, 0.3) is 0 Å². The van der Waals surface area contributed by atoms with Crippen LogP contribution in [-0.4, -0.2) is 16.5 Å². The Bertz CT molecular complexity index is 574. The van der Waals surface area contributed by atoms with Gasteiger partial charge in [-0.25, -0.2) is 9.97 Å². The van der Waals surface area contributed by atoms with Crippen molar-refractivity contribution in [1.82, 2.24) is 9.97 Å². The quantitative estimate of drug-likeness (QED) is 0.848. The van der Waals surface area contributed by atoms with E-state index in [4.69, 9.17) is 11.6 Å². The summed E-state index contributed by atoms with van der Waals surface area (Å²) in [6.07, 6.45) is 0.990. The number of hydrogen-bond acceptors (Lipinski definition) is 4. The molecule has 2 heterocycles. The zero-order valence-corrected chi connectivity index (χ0v) is 13.9. The van der Waals surface area contributed by atoms with Crippen LogP contribution >= 0.6 is 22.9 Å². The Balaban J connectivity index is 2.12. The maximum atomic E-state index is 6.21. The monoisotopic (exact) mass is 309 g/mol. The first-order chi connectivity index (χ1) is 9.38. The van der Waals surface area contributed by atoms with Crippen molar-refractivity contribution in [3.05, 3.63) is 38.9 Å². The van der Waals surface area contributed by atoms with Gasteiger partial charge in [0, 0.05) is 22.4 Å². The Morgan fingerprint density at radius 2 is 2.05 bits per heavy atom. The molecule has 0 amide bonds. The van der Waals surface area contributed by atoms with Gasteiger partial charge in [-0.3, -0.25) is 0 Å². The van der Waals surface area contributed by atoms with E-state index in [1.165, 1.54) is 4.88 Å². The van der Waals surface area contributed by atoms with Gasteiger partial charge in [0.15, 0.2) is 0 Å². The fourth-order valence-electron chi connectivity index (χ4n) is 1.76. The number of rotatable bonds is 4. The predicted molar refractivity (Wildman–Crippen MR) is 87.0 cm³/mol. The van der Waals surface area contributed by atoms with Crippen LogP contribution < -0.4 is 5.32 Å². The Morgan fingerprint density at radius 1 is 1.30 bits per heavy atom. The third-order valence-electron chi connectivity index (χ3n) is 3.00. The maximum Gasteiger partial charge on any atom is 0.137 e. The topological polar surface area (TPSA) is 37.8 Å². The molecule has 0 radical (unpaired) electrons. The van der Waals surface area contributed by atoms with Crippen molar-refractivity contribution in [3.63, 3.8) is 0 Å². The predicted octanol–water partition coefficient (Wildman–Crippen LogP) is 4.45. The fourth-order valence-corrected chi connectivity index (χ4v) is 2.63. The molecule has 0 atom stereocenters. The number of nitrogens with one attached hydrogen (secondary N) is 1. The molecule has 0 aliphatic heterocycles. The van der Waals surface area contributed by atoms with Crippen molar-refractivity contribution >= 4 is 28.8 Å². The third kappa shape index (κ3) is 3.70. The van der Waals surface area contributed by atoms with E-state index in [1.54, 1.807) is 11.3 Å². The summed E-state index contributed by atoms with van der Waals surface area (Å²) in [5.41, 5.74) is 0.799. The number of thiophene rings is 1. The molecule has 0 bridgehead atoms. The summed E-state index contributed by atoms with van der Waals surface area (Å²) in [7, 11) is 0. The summed E-state index contributed by atoms with van der Waals surface area (Å²) in [6.45, 7) is 9.05. The van der Waals surface area contributed by atoms with Crippen LogP contribution in [0.15, 0.2) is 17.5 Å². The van der Waals surface area contributed by atoms with Gasteiger partial charge < -0.3 is 5.32 Å². The van der Waals surface area contributed by atoms with E-state index >= 15 is 0 Å². The second-order valence-electron chi connectivity index (χ2n) is 5.82. The second kappa shape index (κ2) is 6.10. The van der Waals surface area contributed by atoms with E-state index in [9.17, 15) is 0 Å². The highest BCUT2D eigenvalue weighted by Gasteiger charge is 2.20. The SMILES string of the molecule is Cc1c(Cl)nc(C(C)(C)C)nc1NCCc1cccs1. The molecule has 20 heavy (non-hydrogen) atoms. The molecule has 1 N–H and O–H groups in total. The average molecular weight is 310 g/mol. The molecule has 0 aromatic carbocycles. The van der Waals surface area contributed by atoms with Gasteiger partial charge in [-0.15, -0.1) is 11.3 Å². The van der Waals surface area contributed by atoms with Crippen LogP contribution in [0.3, 0.4) is 0 Å². The van der Waals surface area contributed by atoms with Crippen molar-refractivity contribution in [2.24, 2.45) is 0 Å². The smallest absolute Gasteiger partial charge is 0.137 e. The number of hydrogen-bond donors (Lipinski definition) is 1. The van der Waals surface area contributed by atoms with Crippen molar-refractivity contribution in [3.8, 4) is 0 Å². The first-order valence-corrected chi connectivity index (χ1v) is 7.94. The van der Waals surface area contributed by atoms with Crippen LogP contribution in [-0.2, 0) is 11.8 Å². The van der Waals surface area contributed by atoms with Crippen molar-refractivity contribution in [1.29, 1.82) is 0 Å². The summed E-state index contributed by atoms with van der Waals surface area (Å²) in [5.74, 6) is 1.61. The van der Waals surface area contributed by atoms with Gasteiger partial charge in [0.05, 0.1) is 0 Å². The van der Waals surface area contributed by atoms with Crippen LogP contribution in [0.1, 0.15) is 37.0 Å². The largest absolute Gasteiger partial charge is 0.369 e. The average Bonchev–Trinajstić information content (AvgIpc) is 2.86. The molecule has 108 valence electrons. The van der Waals surface area contributed by atoms with E-state index in [0.29, 0.717) is 5.15 Å². The molecule has 0 aliphatic carbocycles. The Labute approximate surface area is 129 Å². The second-order valence-corrected chi connectivity index (χ2v) is 7.21. The van der Waals surface area contributed by atoms with E-state index in [1.807, 2.05) is 6.92 Å². The van der Waals surface area contributed by atoms with Gasteiger partial charge in [0.1, 0.15) is 16.8 Å². The van der Waals surface area contributed by atoms with E-state index in [0.717, 1.165) is 30.2 Å². The van der Waals surface area contributed by atoms with E-state index in [2.05, 4.69) is 53.6 Å². The zero-order chi connectivity index (χ0) is 14.8. The van der Waals surface area contributed by atoms with Crippen LogP contribution in [0, 0.1) is 6.92 Å². The molecule has 0 saturated heterocycles. The molecule has 3 nitrogen and oxygen atoms in total.